The minimum absolute atomic E-state index is 0.0847. The predicted molar refractivity (Wildman–Crippen MR) is 105 cm³/mol. The summed E-state index contributed by atoms with van der Waals surface area (Å²) in [6.45, 7) is 8.43. The van der Waals surface area contributed by atoms with E-state index in [0.717, 1.165) is 58.1 Å². The van der Waals surface area contributed by atoms with E-state index in [9.17, 15) is 9.59 Å². The number of rotatable bonds is 0. The molecular weight excluding hydrogens is 352 g/mol. The first-order chi connectivity index (χ1) is 13.1. The maximum atomic E-state index is 12.6. The molecule has 4 nitrogen and oxygen atoms in total. The van der Waals surface area contributed by atoms with Crippen LogP contribution in [-0.2, 0) is 22.4 Å². The summed E-state index contributed by atoms with van der Waals surface area (Å²) >= 11 is 0. The molecule has 4 heteroatoms. The van der Waals surface area contributed by atoms with E-state index in [4.69, 9.17) is 9.47 Å². The molecule has 0 fully saturated rings. The van der Waals surface area contributed by atoms with Gasteiger partial charge < -0.3 is 9.47 Å². The van der Waals surface area contributed by atoms with Gasteiger partial charge in [-0.1, -0.05) is 39.8 Å². The molecular formula is C24H26O4. The Morgan fingerprint density at radius 2 is 1.07 bits per heavy atom. The van der Waals surface area contributed by atoms with Gasteiger partial charge in [-0.25, -0.2) is 0 Å². The minimum atomic E-state index is -0.0847. The lowest BCUT2D eigenvalue weighted by molar-refractivity contribution is -0.119. The molecule has 0 aromatic heterocycles. The summed E-state index contributed by atoms with van der Waals surface area (Å²) in [6.07, 6.45) is 3.87. The van der Waals surface area contributed by atoms with Crippen molar-refractivity contribution in [2.45, 2.75) is 66.2 Å². The fraction of sp³-hybridized carbons (Fsp3) is 0.500. The van der Waals surface area contributed by atoms with Crippen molar-refractivity contribution in [1.82, 2.24) is 0 Å². The molecule has 0 radical (unpaired) electrons. The van der Waals surface area contributed by atoms with Gasteiger partial charge in [0, 0.05) is 60.8 Å². The van der Waals surface area contributed by atoms with Crippen LogP contribution < -0.4 is 9.47 Å². The van der Waals surface area contributed by atoms with E-state index in [1.165, 1.54) is 0 Å². The average molecular weight is 378 g/mol. The molecule has 0 saturated carbocycles. The predicted octanol–water partition coefficient (Wildman–Crippen LogP) is 4.84. The number of ether oxygens (including phenoxy) is 2. The zero-order valence-electron chi connectivity index (χ0n) is 17.0. The third-order valence-corrected chi connectivity index (χ3v) is 6.36. The van der Waals surface area contributed by atoms with Gasteiger partial charge in [-0.2, -0.15) is 0 Å². The third-order valence-electron chi connectivity index (χ3n) is 6.36. The quantitative estimate of drug-likeness (QED) is 0.648. The van der Waals surface area contributed by atoms with Crippen LogP contribution in [0.4, 0.5) is 0 Å². The van der Waals surface area contributed by atoms with Crippen LogP contribution in [0.2, 0.25) is 0 Å². The number of allylic oxidation sites excluding steroid dienone is 4. The van der Waals surface area contributed by atoms with Gasteiger partial charge in [0.05, 0.1) is 0 Å². The molecule has 1 aromatic rings. The molecule has 2 heterocycles. The molecule has 146 valence electrons. The van der Waals surface area contributed by atoms with Crippen molar-refractivity contribution < 1.29 is 19.1 Å². The first-order valence-corrected chi connectivity index (χ1v) is 10.1. The second-order valence-electron chi connectivity index (χ2n) is 10.3. The molecule has 2 aliphatic heterocycles. The highest BCUT2D eigenvalue weighted by Crippen LogP contribution is 2.50. The van der Waals surface area contributed by atoms with Crippen LogP contribution in [0.3, 0.4) is 0 Å². The van der Waals surface area contributed by atoms with Crippen molar-refractivity contribution in [3.8, 4) is 11.5 Å². The van der Waals surface area contributed by atoms with Crippen molar-refractivity contribution in [3.63, 3.8) is 0 Å². The molecule has 0 N–H and O–H groups in total. The summed E-state index contributed by atoms with van der Waals surface area (Å²) in [7, 11) is 0. The Morgan fingerprint density at radius 1 is 0.679 bits per heavy atom. The summed E-state index contributed by atoms with van der Waals surface area (Å²) in [5.74, 6) is 3.46. The van der Waals surface area contributed by atoms with Gasteiger partial charge in [0.2, 0.25) is 0 Å². The fourth-order valence-corrected chi connectivity index (χ4v) is 4.96. The number of ketones is 2. The van der Waals surface area contributed by atoms with Crippen molar-refractivity contribution in [2.75, 3.05) is 0 Å². The van der Waals surface area contributed by atoms with E-state index < -0.39 is 0 Å². The molecule has 0 amide bonds. The second kappa shape index (κ2) is 5.59. The van der Waals surface area contributed by atoms with Crippen LogP contribution in [-0.4, -0.2) is 11.6 Å². The number of carbonyl (C=O) groups excluding carboxylic acids is 2. The smallest absolute Gasteiger partial charge is 0.173 e. The number of benzene rings is 1. The molecule has 4 aliphatic rings. The highest BCUT2D eigenvalue weighted by molar-refractivity contribution is 5.99. The average Bonchev–Trinajstić information content (AvgIpc) is 2.57. The zero-order valence-corrected chi connectivity index (χ0v) is 17.0. The normalized spacial score (nSPS) is 24.6. The number of carbonyl (C=O) groups is 2. The Balaban J connectivity index is 1.54. The highest BCUT2D eigenvalue weighted by atomic mass is 16.5. The van der Waals surface area contributed by atoms with Crippen LogP contribution >= 0.6 is 0 Å². The standard InChI is InChI=1S/C24H26O4/c1-23(2)9-17(25)15-7-13-5-6-14-8-16-18(26)10-24(3,4)12-20(16)28-22(14)21(13)27-19(15)11-23/h5-6H,7-12H2,1-4H3. The SMILES string of the molecule is CC1(C)CC(=O)C2=C(C1)Oc1c(ccc3c1OC1=C(C3)C(=O)CC(C)(C)C1)C2. The summed E-state index contributed by atoms with van der Waals surface area (Å²) in [5, 5.41) is 0. The van der Waals surface area contributed by atoms with Gasteiger partial charge in [-0.3, -0.25) is 9.59 Å². The van der Waals surface area contributed by atoms with E-state index in [0.29, 0.717) is 25.7 Å². The molecule has 0 unspecified atom stereocenters. The van der Waals surface area contributed by atoms with Crippen LogP contribution in [0.5, 0.6) is 11.5 Å². The number of Topliss-reactive ketones (excluding diaryl/α,β-unsaturated/α-hetero) is 2. The molecule has 1 aromatic carbocycles. The van der Waals surface area contributed by atoms with Gasteiger partial charge in [0.25, 0.3) is 0 Å². The maximum absolute atomic E-state index is 12.6. The van der Waals surface area contributed by atoms with Gasteiger partial charge in [-0.05, 0) is 10.8 Å². The van der Waals surface area contributed by atoms with Crippen LogP contribution in [0.1, 0.15) is 64.5 Å². The van der Waals surface area contributed by atoms with E-state index in [1.54, 1.807) is 0 Å². The Labute approximate surface area is 165 Å². The zero-order chi connectivity index (χ0) is 19.8. The Morgan fingerprint density at radius 3 is 1.46 bits per heavy atom. The van der Waals surface area contributed by atoms with Gasteiger partial charge in [0.15, 0.2) is 23.1 Å². The van der Waals surface area contributed by atoms with Crippen LogP contribution in [0.15, 0.2) is 34.8 Å². The van der Waals surface area contributed by atoms with E-state index >= 15 is 0 Å². The van der Waals surface area contributed by atoms with E-state index in [2.05, 4.69) is 27.7 Å². The monoisotopic (exact) mass is 378 g/mol. The first kappa shape index (κ1) is 17.7. The molecule has 5 rings (SSSR count). The molecule has 0 atom stereocenters. The second-order valence-corrected chi connectivity index (χ2v) is 10.3. The molecule has 28 heavy (non-hydrogen) atoms. The summed E-state index contributed by atoms with van der Waals surface area (Å²) in [4.78, 5) is 25.2. The molecule has 2 aliphatic carbocycles. The lowest BCUT2D eigenvalue weighted by Gasteiger charge is -2.37. The fourth-order valence-electron chi connectivity index (χ4n) is 4.96. The van der Waals surface area contributed by atoms with Crippen LogP contribution in [0, 0.1) is 10.8 Å². The van der Waals surface area contributed by atoms with Gasteiger partial charge in [-0.15, -0.1) is 0 Å². The van der Waals surface area contributed by atoms with E-state index in [-0.39, 0.29) is 22.4 Å². The summed E-state index contributed by atoms with van der Waals surface area (Å²) in [5.41, 5.74) is 3.46. The number of hydrogen-bond acceptors (Lipinski definition) is 4. The van der Waals surface area contributed by atoms with Gasteiger partial charge >= 0.3 is 0 Å². The van der Waals surface area contributed by atoms with Crippen molar-refractivity contribution >= 4 is 11.6 Å². The highest BCUT2D eigenvalue weighted by Gasteiger charge is 2.41. The molecule has 0 saturated heterocycles. The van der Waals surface area contributed by atoms with Crippen LogP contribution in [0.25, 0.3) is 0 Å². The Hall–Kier alpha value is -2.36. The first-order valence-electron chi connectivity index (χ1n) is 10.1. The van der Waals surface area contributed by atoms with Crippen molar-refractivity contribution in [1.29, 1.82) is 0 Å². The lowest BCUT2D eigenvalue weighted by Crippen LogP contribution is -2.32. The lowest BCUT2D eigenvalue weighted by atomic mass is 9.74. The van der Waals surface area contributed by atoms with Gasteiger partial charge in [0.1, 0.15) is 11.5 Å². The minimum Gasteiger partial charge on any atom is -0.457 e. The van der Waals surface area contributed by atoms with Crippen molar-refractivity contribution in [3.05, 3.63) is 45.9 Å². The summed E-state index contributed by atoms with van der Waals surface area (Å²) in [6, 6.07) is 4.05. The molecule has 0 spiro atoms. The van der Waals surface area contributed by atoms with E-state index in [1.807, 2.05) is 12.1 Å². The summed E-state index contributed by atoms with van der Waals surface area (Å²) < 4.78 is 12.7. The maximum Gasteiger partial charge on any atom is 0.173 e. The Bertz CT molecular complexity index is 923. The van der Waals surface area contributed by atoms with Crippen molar-refractivity contribution in [2.24, 2.45) is 10.8 Å². The third kappa shape index (κ3) is 2.73. The molecule has 0 bridgehead atoms. The number of hydrogen-bond donors (Lipinski definition) is 0. The number of fused-ring (bicyclic) bond motifs is 3. The largest absolute Gasteiger partial charge is 0.457 e. The Kier molecular flexibility index (Phi) is 3.54. The topological polar surface area (TPSA) is 52.6 Å².